The lowest BCUT2D eigenvalue weighted by Gasteiger charge is -2.72. The van der Waals surface area contributed by atoms with Crippen molar-refractivity contribution in [1.82, 2.24) is 0 Å². The lowest BCUT2D eigenvalue weighted by molar-refractivity contribution is -0.332. The summed E-state index contributed by atoms with van der Waals surface area (Å²) in [7, 11) is 0. The van der Waals surface area contributed by atoms with E-state index in [1.54, 1.807) is 0 Å². The van der Waals surface area contributed by atoms with E-state index in [9.17, 15) is 28.8 Å². The zero-order valence-electron chi connectivity index (χ0n) is 39.3. The fourth-order valence-electron chi connectivity index (χ4n) is 13.9. The second kappa shape index (κ2) is 17.1. The monoisotopic (exact) mass is 872 g/mol. The van der Waals surface area contributed by atoms with Gasteiger partial charge in [-0.05, 0) is 97.2 Å². The fraction of sp³-hybridized carbons (Fsp3) is 0.833. The molecule has 62 heavy (non-hydrogen) atoms. The zero-order valence-corrected chi connectivity index (χ0v) is 39.3. The molecule has 1 heterocycles. The summed E-state index contributed by atoms with van der Waals surface area (Å²) in [5.74, 6) is -2.65. The van der Waals surface area contributed by atoms with E-state index in [-0.39, 0.29) is 70.2 Å². The molecule has 14 heteroatoms. The number of carbonyl (C=O) groups excluding carboxylic acids is 6. The fourth-order valence-corrected chi connectivity index (χ4v) is 13.9. The highest BCUT2D eigenvalue weighted by atomic mass is 16.7. The van der Waals surface area contributed by atoms with Crippen LogP contribution >= 0.6 is 0 Å². The predicted octanol–water partition coefficient (Wildman–Crippen LogP) is 7.36. The average Bonchev–Trinajstić information content (AvgIpc) is 3.14. The van der Waals surface area contributed by atoms with Gasteiger partial charge in [0, 0.05) is 52.4 Å². The van der Waals surface area contributed by atoms with E-state index >= 15 is 0 Å². The van der Waals surface area contributed by atoms with E-state index in [4.69, 9.17) is 37.9 Å². The normalized spacial score (nSPS) is 43.1. The lowest BCUT2D eigenvalue weighted by atomic mass is 9.33. The Balaban J connectivity index is 1.36. The van der Waals surface area contributed by atoms with Gasteiger partial charge in [-0.2, -0.15) is 0 Å². The molecule has 15 atom stereocenters. The van der Waals surface area contributed by atoms with Crippen molar-refractivity contribution in [1.29, 1.82) is 0 Å². The summed E-state index contributed by atoms with van der Waals surface area (Å²) in [5.41, 5.74) is 0.0747. The highest BCUT2D eigenvalue weighted by molar-refractivity contribution is 5.69. The molecule has 0 amide bonds. The van der Waals surface area contributed by atoms with Crippen molar-refractivity contribution in [3.8, 4) is 0 Å². The Morgan fingerprint density at radius 2 is 1.21 bits per heavy atom. The second-order valence-electron chi connectivity index (χ2n) is 21.5. The van der Waals surface area contributed by atoms with Gasteiger partial charge in [-0.3, -0.25) is 28.8 Å². The first-order valence-corrected chi connectivity index (χ1v) is 22.7. The van der Waals surface area contributed by atoms with Crippen LogP contribution in [-0.4, -0.2) is 91.9 Å². The van der Waals surface area contributed by atoms with Gasteiger partial charge in [-0.15, -0.1) is 0 Å². The molecule has 5 aliphatic carbocycles. The predicted molar refractivity (Wildman–Crippen MR) is 223 cm³/mol. The minimum Gasteiger partial charge on any atom is -0.465 e. The SMILES string of the molecule is CC(=O)OC[C@@H]1O[C@H](O[C@@H]2CC(C)(C)C[C@H]3C4=CC[C@@H]5[C@@]6(C)CC[C@H](OC(C)=O)[C@](C)(COC(C)=O)[C@H]6CC[C@@]5(C)[C@]4(C)CC[C@@]23C)[C@@H](OC(C)=O)[C@H](OC(C)=O)[C@H]1OC(C)=O. The van der Waals surface area contributed by atoms with Crippen molar-refractivity contribution < 1.29 is 66.7 Å². The van der Waals surface area contributed by atoms with Crippen LogP contribution in [0.15, 0.2) is 11.6 Å². The van der Waals surface area contributed by atoms with E-state index in [1.165, 1.54) is 47.1 Å². The van der Waals surface area contributed by atoms with E-state index in [0.717, 1.165) is 44.9 Å². The van der Waals surface area contributed by atoms with Gasteiger partial charge in [0.1, 0.15) is 25.4 Å². The highest BCUT2D eigenvalue weighted by Crippen LogP contribution is 2.76. The van der Waals surface area contributed by atoms with E-state index < -0.39 is 66.1 Å². The Hall–Kier alpha value is -3.52. The molecular weight excluding hydrogens is 801 g/mol. The second-order valence-corrected chi connectivity index (χ2v) is 21.5. The van der Waals surface area contributed by atoms with Gasteiger partial charge in [0.25, 0.3) is 0 Å². The quantitative estimate of drug-likeness (QED) is 0.121. The maximum absolute atomic E-state index is 12.7. The Morgan fingerprint density at radius 1 is 0.613 bits per heavy atom. The molecule has 0 bridgehead atoms. The van der Waals surface area contributed by atoms with Crippen LogP contribution in [0.25, 0.3) is 0 Å². The summed E-state index contributed by atoms with van der Waals surface area (Å²) >= 11 is 0. The third-order valence-corrected chi connectivity index (χ3v) is 17.0. The van der Waals surface area contributed by atoms with Gasteiger partial charge in [0.15, 0.2) is 24.6 Å². The van der Waals surface area contributed by atoms with Gasteiger partial charge < -0.3 is 37.9 Å². The van der Waals surface area contributed by atoms with Crippen LogP contribution in [0.4, 0.5) is 0 Å². The number of esters is 6. The van der Waals surface area contributed by atoms with E-state index in [2.05, 4.69) is 54.5 Å². The van der Waals surface area contributed by atoms with Crippen LogP contribution in [-0.2, 0) is 66.7 Å². The van der Waals surface area contributed by atoms with Gasteiger partial charge in [0.05, 0.1) is 6.10 Å². The Morgan fingerprint density at radius 3 is 1.81 bits per heavy atom. The Kier molecular flexibility index (Phi) is 13.2. The first-order valence-electron chi connectivity index (χ1n) is 22.7. The molecule has 1 aliphatic heterocycles. The summed E-state index contributed by atoms with van der Waals surface area (Å²) in [6.07, 6.45) is 3.32. The topological polar surface area (TPSA) is 176 Å². The molecule has 0 aromatic carbocycles. The van der Waals surface area contributed by atoms with Crippen LogP contribution in [0.2, 0.25) is 0 Å². The molecule has 348 valence electrons. The third kappa shape index (κ3) is 8.56. The van der Waals surface area contributed by atoms with Crippen molar-refractivity contribution in [3.63, 3.8) is 0 Å². The number of rotatable bonds is 10. The van der Waals surface area contributed by atoms with Crippen LogP contribution in [0.1, 0.15) is 148 Å². The zero-order chi connectivity index (χ0) is 46.0. The van der Waals surface area contributed by atoms with Crippen LogP contribution in [0.5, 0.6) is 0 Å². The van der Waals surface area contributed by atoms with Gasteiger partial charge in [0.2, 0.25) is 0 Å². The minimum atomic E-state index is -1.32. The number of hydrogen-bond acceptors (Lipinski definition) is 14. The summed E-state index contributed by atoms with van der Waals surface area (Å²) in [4.78, 5) is 74.3. The van der Waals surface area contributed by atoms with E-state index in [1.807, 2.05) is 0 Å². The number of carbonyl (C=O) groups is 6. The Labute approximate surface area is 367 Å². The van der Waals surface area contributed by atoms with Crippen LogP contribution in [0, 0.1) is 50.2 Å². The molecule has 6 aliphatic rings. The smallest absolute Gasteiger partial charge is 0.303 e. The molecule has 0 unspecified atom stereocenters. The molecule has 5 fully saturated rings. The third-order valence-electron chi connectivity index (χ3n) is 17.0. The van der Waals surface area contributed by atoms with Crippen LogP contribution < -0.4 is 0 Å². The molecule has 0 spiro atoms. The number of fused-ring (bicyclic) bond motifs is 7. The van der Waals surface area contributed by atoms with E-state index in [0.29, 0.717) is 18.8 Å². The van der Waals surface area contributed by atoms with Crippen LogP contribution in [0.3, 0.4) is 0 Å². The van der Waals surface area contributed by atoms with Gasteiger partial charge in [-0.1, -0.05) is 60.1 Å². The maximum atomic E-state index is 12.7. The Bertz CT molecular complexity index is 1820. The molecule has 0 aromatic rings. The number of ether oxygens (including phenoxy) is 8. The molecular formula is C48H72O14. The molecule has 1 saturated heterocycles. The average molecular weight is 873 g/mol. The lowest BCUT2D eigenvalue weighted by Crippen LogP contribution is -2.67. The summed E-state index contributed by atoms with van der Waals surface area (Å²) in [6, 6.07) is 0. The molecule has 4 saturated carbocycles. The summed E-state index contributed by atoms with van der Waals surface area (Å²) in [5, 5.41) is 0. The van der Waals surface area contributed by atoms with Crippen molar-refractivity contribution in [2.24, 2.45) is 50.2 Å². The largest absolute Gasteiger partial charge is 0.465 e. The molecule has 0 radical (unpaired) electrons. The van der Waals surface area contributed by atoms with Crippen molar-refractivity contribution in [3.05, 3.63) is 11.6 Å². The first-order chi connectivity index (χ1) is 28.7. The first kappa shape index (κ1) is 47.9. The number of hydrogen-bond donors (Lipinski definition) is 0. The number of allylic oxidation sites excluding steroid dienone is 2. The van der Waals surface area contributed by atoms with Crippen molar-refractivity contribution >= 4 is 35.8 Å². The minimum absolute atomic E-state index is 0.0575. The summed E-state index contributed by atoms with van der Waals surface area (Å²) < 4.78 is 47.9. The maximum Gasteiger partial charge on any atom is 0.303 e. The molecule has 0 aromatic heterocycles. The highest BCUT2D eigenvalue weighted by Gasteiger charge is 2.70. The van der Waals surface area contributed by atoms with Crippen molar-refractivity contribution in [2.45, 2.75) is 191 Å². The standard InChI is InChI=1S/C48H72O14/c1-26(49)55-24-34-39(58-29(4)52)40(59-30(5)53)41(60-31(6)54)42(61-34)62-38-23-43(7,8)22-33-32-14-15-36-45(10)18-17-37(57-28(3)51)46(11,25-56-27(2)50)35(45)16-19-48(36,13)47(32,12)21-20-44(33,38)9/h14,33-42H,15-25H2,1-13H3/t33-,34-,35-,36+,37-,38+,39-,40+,41-,42+,44+,45-,46+,47+,48+/m0/s1. The van der Waals surface area contributed by atoms with Gasteiger partial charge in [-0.25, -0.2) is 0 Å². The van der Waals surface area contributed by atoms with Gasteiger partial charge >= 0.3 is 35.8 Å². The molecule has 14 nitrogen and oxygen atoms in total. The van der Waals surface area contributed by atoms with Crippen molar-refractivity contribution in [2.75, 3.05) is 13.2 Å². The molecule has 6 rings (SSSR count). The summed E-state index contributed by atoms with van der Waals surface area (Å²) in [6.45, 7) is 24.1. The molecule has 0 N–H and O–H groups in total.